The van der Waals surface area contributed by atoms with E-state index in [0.29, 0.717) is 11.2 Å². The third kappa shape index (κ3) is 3.41. The number of urea groups is 1. The van der Waals surface area contributed by atoms with E-state index < -0.39 is 21.8 Å². The molecule has 25 heavy (non-hydrogen) atoms. The van der Waals surface area contributed by atoms with Crippen LogP contribution < -0.4 is 15.8 Å². The van der Waals surface area contributed by atoms with Gasteiger partial charge in [-0.25, -0.2) is 22.7 Å². The zero-order valence-corrected chi connectivity index (χ0v) is 14.3. The molecule has 8 nitrogen and oxygen atoms in total. The topological polar surface area (TPSA) is 110 Å². The van der Waals surface area contributed by atoms with Crippen molar-refractivity contribution in [2.24, 2.45) is 7.05 Å². The molecule has 1 aromatic heterocycles. The number of carbonyl (C=O) groups excluding carboxylic acids is 1. The Hall–Kier alpha value is -3.07. The van der Waals surface area contributed by atoms with Gasteiger partial charge in [-0.05, 0) is 31.2 Å². The Balaban J connectivity index is 1.78. The van der Waals surface area contributed by atoms with Gasteiger partial charge >= 0.3 is 11.8 Å². The van der Waals surface area contributed by atoms with Crippen LogP contribution in [-0.2, 0) is 17.1 Å². The minimum atomic E-state index is -3.98. The summed E-state index contributed by atoms with van der Waals surface area (Å²) in [6.45, 7) is 1.83. The first-order valence-corrected chi connectivity index (χ1v) is 8.75. The molecule has 3 aromatic rings. The highest BCUT2D eigenvalue weighted by Crippen LogP contribution is 2.18. The van der Waals surface area contributed by atoms with Gasteiger partial charge in [0.15, 0.2) is 5.58 Å². The second-order valence-corrected chi connectivity index (χ2v) is 7.16. The number of aryl methyl sites for hydroxylation is 2. The molecular formula is C16H15N3O5S. The second kappa shape index (κ2) is 6.10. The SMILES string of the molecule is Cc1ccc(S(=O)(=O)NC(=O)Nc2ccc3c(c2)oc(=O)n3C)cc1. The first-order chi connectivity index (χ1) is 11.8. The lowest BCUT2D eigenvalue weighted by atomic mass is 10.2. The maximum absolute atomic E-state index is 12.2. The van der Waals surface area contributed by atoms with Crippen molar-refractivity contribution in [1.29, 1.82) is 0 Å². The molecule has 0 atom stereocenters. The van der Waals surface area contributed by atoms with Crippen molar-refractivity contribution in [2.45, 2.75) is 11.8 Å². The minimum absolute atomic E-state index is 0.0160. The largest absolute Gasteiger partial charge is 0.419 e. The summed E-state index contributed by atoms with van der Waals surface area (Å²) < 4.78 is 32.6. The molecule has 0 aliphatic heterocycles. The number of anilines is 1. The van der Waals surface area contributed by atoms with Gasteiger partial charge in [-0.1, -0.05) is 17.7 Å². The van der Waals surface area contributed by atoms with Gasteiger partial charge in [-0.15, -0.1) is 0 Å². The number of benzene rings is 2. The molecule has 2 N–H and O–H groups in total. The van der Waals surface area contributed by atoms with Crippen LogP contribution in [0.25, 0.3) is 11.1 Å². The van der Waals surface area contributed by atoms with Crippen LogP contribution >= 0.6 is 0 Å². The van der Waals surface area contributed by atoms with Crippen LogP contribution in [0.1, 0.15) is 5.56 Å². The van der Waals surface area contributed by atoms with Gasteiger partial charge in [0.25, 0.3) is 10.0 Å². The van der Waals surface area contributed by atoms with Crippen molar-refractivity contribution in [3.8, 4) is 0 Å². The lowest BCUT2D eigenvalue weighted by Crippen LogP contribution is -2.34. The van der Waals surface area contributed by atoms with E-state index in [-0.39, 0.29) is 10.5 Å². The van der Waals surface area contributed by atoms with Gasteiger partial charge in [-0.2, -0.15) is 0 Å². The summed E-state index contributed by atoms with van der Waals surface area (Å²) >= 11 is 0. The second-order valence-electron chi connectivity index (χ2n) is 5.48. The molecule has 2 aromatic carbocycles. The van der Waals surface area contributed by atoms with Crippen LogP contribution in [-0.4, -0.2) is 19.0 Å². The minimum Gasteiger partial charge on any atom is -0.408 e. The number of carbonyl (C=O) groups is 1. The molecule has 9 heteroatoms. The Morgan fingerprint density at radius 3 is 2.48 bits per heavy atom. The molecule has 0 fully saturated rings. The Kier molecular flexibility index (Phi) is 4.09. The van der Waals surface area contributed by atoms with Crippen LogP contribution in [0.5, 0.6) is 0 Å². The van der Waals surface area contributed by atoms with Crippen molar-refractivity contribution in [2.75, 3.05) is 5.32 Å². The number of sulfonamides is 1. The van der Waals surface area contributed by atoms with Gasteiger partial charge in [0.1, 0.15) is 0 Å². The quantitative estimate of drug-likeness (QED) is 0.741. The third-order valence-corrected chi connectivity index (χ3v) is 4.96. The standard InChI is InChI=1S/C16H15N3O5S/c1-10-3-6-12(7-4-10)25(22,23)18-15(20)17-11-5-8-13-14(9-11)24-16(21)19(13)2/h3-9H,1-2H3,(H2,17,18,20). The average molecular weight is 361 g/mol. The van der Waals surface area contributed by atoms with E-state index in [2.05, 4.69) is 5.32 Å². The lowest BCUT2D eigenvalue weighted by Gasteiger charge is -2.09. The molecule has 130 valence electrons. The molecule has 0 saturated heterocycles. The Bertz CT molecular complexity index is 1110. The average Bonchev–Trinajstić information content (AvgIpc) is 2.81. The number of hydrogen-bond donors (Lipinski definition) is 2. The van der Waals surface area contributed by atoms with Gasteiger partial charge in [0.05, 0.1) is 10.4 Å². The zero-order valence-electron chi connectivity index (χ0n) is 13.4. The molecule has 0 saturated carbocycles. The first kappa shape index (κ1) is 16.8. The molecule has 0 spiro atoms. The molecule has 0 bridgehead atoms. The summed E-state index contributed by atoms with van der Waals surface area (Å²) in [6, 6.07) is 9.74. The Labute approximate surface area is 143 Å². The summed E-state index contributed by atoms with van der Waals surface area (Å²) in [7, 11) is -2.42. The Morgan fingerprint density at radius 1 is 1.12 bits per heavy atom. The predicted octanol–water partition coefficient (Wildman–Crippen LogP) is 1.95. The third-order valence-electron chi connectivity index (χ3n) is 3.61. The van der Waals surface area contributed by atoms with Gasteiger partial charge < -0.3 is 9.73 Å². The summed E-state index contributed by atoms with van der Waals surface area (Å²) in [5.41, 5.74) is 2.04. The predicted molar refractivity (Wildman–Crippen MR) is 92.0 cm³/mol. The highest BCUT2D eigenvalue weighted by atomic mass is 32.2. The monoisotopic (exact) mass is 361 g/mol. The summed E-state index contributed by atoms with van der Waals surface area (Å²) in [5, 5.41) is 2.40. The summed E-state index contributed by atoms with van der Waals surface area (Å²) in [5.74, 6) is -0.529. The van der Waals surface area contributed by atoms with E-state index >= 15 is 0 Å². The fourth-order valence-corrected chi connectivity index (χ4v) is 3.17. The zero-order chi connectivity index (χ0) is 18.2. The van der Waals surface area contributed by atoms with E-state index in [1.165, 1.54) is 28.8 Å². The number of aromatic nitrogens is 1. The van der Waals surface area contributed by atoms with Crippen molar-refractivity contribution >= 4 is 32.8 Å². The van der Waals surface area contributed by atoms with Crippen LogP contribution in [0.2, 0.25) is 0 Å². The molecule has 0 radical (unpaired) electrons. The maximum atomic E-state index is 12.2. The first-order valence-electron chi connectivity index (χ1n) is 7.26. The van der Waals surface area contributed by atoms with E-state index in [4.69, 9.17) is 4.42 Å². The van der Waals surface area contributed by atoms with Crippen LogP contribution in [0.3, 0.4) is 0 Å². The summed E-state index contributed by atoms with van der Waals surface area (Å²) in [4.78, 5) is 23.4. The number of nitrogens with one attached hydrogen (secondary N) is 2. The molecule has 2 amide bonds. The van der Waals surface area contributed by atoms with Crippen molar-refractivity contribution < 1.29 is 17.6 Å². The fraction of sp³-hybridized carbons (Fsp3) is 0.125. The van der Waals surface area contributed by atoms with Gasteiger partial charge in [0.2, 0.25) is 0 Å². The van der Waals surface area contributed by atoms with Crippen molar-refractivity contribution in [1.82, 2.24) is 9.29 Å². The molecule has 0 unspecified atom stereocenters. The van der Waals surface area contributed by atoms with Crippen molar-refractivity contribution in [3.05, 3.63) is 58.6 Å². The van der Waals surface area contributed by atoms with E-state index in [9.17, 15) is 18.0 Å². The van der Waals surface area contributed by atoms with Crippen LogP contribution in [0.15, 0.2) is 56.6 Å². The van der Waals surface area contributed by atoms with E-state index in [0.717, 1.165) is 5.56 Å². The number of amides is 2. The maximum Gasteiger partial charge on any atom is 0.419 e. The number of nitrogens with zero attached hydrogens (tertiary/aromatic N) is 1. The van der Waals surface area contributed by atoms with Gasteiger partial charge in [0, 0.05) is 18.8 Å². The lowest BCUT2D eigenvalue weighted by molar-refractivity contribution is 0.256. The number of oxazole rings is 1. The van der Waals surface area contributed by atoms with Crippen LogP contribution in [0.4, 0.5) is 10.5 Å². The molecule has 3 rings (SSSR count). The molecule has 1 heterocycles. The normalized spacial score (nSPS) is 11.4. The number of fused-ring (bicyclic) bond motifs is 1. The van der Waals surface area contributed by atoms with Gasteiger partial charge in [-0.3, -0.25) is 4.57 Å². The number of rotatable bonds is 3. The fourth-order valence-electron chi connectivity index (χ4n) is 2.27. The number of hydrogen-bond acceptors (Lipinski definition) is 5. The Morgan fingerprint density at radius 2 is 1.80 bits per heavy atom. The molecule has 0 aliphatic rings. The smallest absolute Gasteiger partial charge is 0.408 e. The van der Waals surface area contributed by atoms with Crippen LogP contribution in [0, 0.1) is 6.92 Å². The highest BCUT2D eigenvalue weighted by Gasteiger charge is 2.17. The summed E-state index contributed by atoms with van der Waals surface area (Å²) in [6.07, 6.45) is 0. The molecule has 0 aliphatic carbocycles. The van der Waals surface area contributed by atoms with E-state index in [1.54, 1.807) is 25.2 Å². The molecular weight excluding hydrogens is 346 g/mol. The highest BCUT2D eigenvalue weighted by molar-refractivity contribution is 7.90. The van der Waals surface area contributed by atoms with E-state index in [1.807, 2.05) is 11.6 Å². The van der Waals surface area contributed by atoms with Crippen molar-refractivity contribution in [3.63, 3.8) is 0 Å².